The van der Waals surface area contributed by atoms with Gasteiger partial charge in [0, 0.05) is 0 Å². The number of nitrogens with zero attached hydrogens (tertiary/aromatic N) is 2. The van der Waals surface area contributed by atoms with Gasteiger partial charge in [0.1, 0.15) is 18.2 Å². The smallest absolute Gasteiger partial charge is 0.343 e. The first-order valence-corrected chi connectivity index (χ1v) is 15.7. The molecule has 0 amide bonds. The van der Waals surface area contributed by atoms with Crippen molar-refractivity contribution >= 4 is 29.4 Å². The fourth-order valence-electron chi connectivity index (χ4n) is 4.94. The Kier molecular flexibility index (Phi) is 10.5. The summed E-state index contributed by atoms with van der Waals surface area (Å²) in [5.41, 5.74) is 2.46. The normalized spacial score (nSPS) is 14.2. The average Bonchev–Trinajstić information content (AvgIpc) is 3.37. The molecule has 0 fully saturated rings. The van der Waals surface area contributed by atoms with Crippen LogP contribution in [0, 0.1) is 5.82 Å². The molecule has 12 heteroatoms. The van der Waals surface area contributed by atoms with Gasteiger partial charge in [-0.15, -0.1) is 0 Å². The molecule has 0 aliphatic carbocycles. The molecular formula is C35H33FN2O8S. The van der Waals surface area contributed by atoms with Gasteiger partial charge in [-0.1, -0.05) is 41.7 Å². The zero-order valence-corrected chi connectivity index (χ0v) is 27.1. The average molecular weight is 661 g/mol. The lowest BCUT2D eigenvalue weighted by molar-refractivity contribution is -0.143. The Morgan fingerprint density at radius 1 is 0.957 bits per heavy atom. The van der Waals surface area contributed by atoms with Crippen LogP contribution in [0.5, 0.6) is 17.2 Å². The summed E-state index contributed by atoms with van der Waals surface area (Å²) in [7, 11) is 1.27. The first-order chi connectivity index (χ1) is 22.7. The molecule has 4 aromatic rings. The largest absolute Gasteiger partial charge is 0.490 e. The van der Waals surface area contributed by atoms with Crippen molar-refractivity contribution in [1.82, 2.24) is 4.57 Å². The number of halogens is 1. The maximum absolute atomic E-state index is 14.0. The van der Waals surface area contributed by atoms with E-state index in [2.05, 4.69) is 9.73 Å². The zero-order chi connectivity index (χ0) is 33.5. The second kappa shape index (κ2) is 14.9. The van der Waals surface area contributed by atoms with Crippen LogP contribution in [0.25, 0.3) is 6.08 Å². The van der Waals surface area contributed by atoms with Crippen molar-refractivity contribution in [3.63, 3.8) is 0 Å². The van der Waals surface area contributed by atoms with Gasteiger partial charge >= 0.3 is 11.9 Å². The SMILES string of the molecule is CCOC(=O)C1=C(C)N=c2s/c(=C\c3ccc(OCc4ccc(F)cc4)cc3)c(=O)n2[C@@H]1c1ccc(OCC(=O)OC)c(OCC)c1. The summed E-state index contributed by atoms with van der Waals surface area (Å²) in [5, 5.41) is 0. The van der Waals surface area contributed by atoms with Crippen LogP contribution in [0.3, 0.4) is 0 Å². The Labute approximate surface area is 274 Å². The summed E-state index contributed by atoms with van der Waals surface area (Å²) < 4.78 is 42.4. The molecule has 1 aliphatic heterocycles. The maximum atomic E-state index is 14.0. The number of hydrogen-bond donors (Lipinski definition) is 0. The molecular weight excluding hydrogens is 627 g/mol. The van der Waals surface area contributed by atoms with E-state index < -0.39 is 18.0 Å². The Balaban J connectivity index is 1.51. The fourth-order valence-corrected chi connectivity index (χ4v) is 5.99. The van der Waals surface area contributed by atoms with Gasteiger partial charge in [0.05, 0.1) is 42.2 Å². The number of ether oxygens (including phenoxy) is 5. The number of hydrogen-bond acceptors (Lipinski definition) is 10. The molecule has 3 aromatic carbocycles. The molecule has 0 saturated heterocycles. The van der Waals surface area contributed by atoms with E-state index >= 15 is 0 Å². The molecule has 0 N–H and O–H groups in total. The van der Waals surface area contributed by atoms with E-state index in [0.29, 0.717) is 44.4 Å². The highest BCUT2D eigenvalue weighted by Crippen LogP contribution is 2.36. The molecule has 1 aliphatic rings. The van der Waals surface area contributed by atoms with Crippen LogP contribution in [0.15, 0.2) is 87.8 Å². The topological polar surface area (TPSA) is 115 Å². The summed E-state index contributed by atoms with van der Waals surface area (Å²) in [4.78, 5) is 44.0. The molecule has 0 saturated carbocycles. The third-order valence-corrected chi connectivity index (χ3v) is 8.15. The van der Waals surface area contributed by atoms with Crippen LogP contribution in [0.2, 0.25) is 0 Å². The third kappa shape index (κ3) is 7.60. The Bertz CT molecular complexity index is 1980. The molecule has 1 aromatic heterocycles. The number of esters is 2. The summed E-state index contributed by atoms with van der Waals surface area (Å²) in [5.74, 6) is -0.205. The minimum atomic E-state index is -0.872. The quantitative estimate of drug-likeness (QED) is 0.205. The van der Waals surface area contributed by atoms with Gasteiger partial charge in [0.25, 0.3) is 5.56 Å². The molecule has 5 rings (SSSR count). The van der Waals surface area contributed by atoms with Crippen molar-refractivity contribution < 1.29 is 37.7 Å². The summed E-state index contributed by atoms with van der Waals surface area (Å²) >= 11 is 1.20. The Morgan fingerprint density at radius 3 is 2.38 bits per heavy atom. The van der Waals surface area contributed by atoms with Gasteiger partial charge in [-0.25, -0.2) is 19.0 Å². The second-order valence-electron chi connectivity index (χ2n) is 10.3. The summed E-state index contributed by atoms with van der Waals surface area (Å²) in [6, 6.07) is 17.5. The lowest BCUT2D eigenvalue weighted by atomic mass is 9.95. The number of methoxy groups -OCH3 is 1. The van der Waals surface area contributed by atoms with Crippen molar-refractivity contribution in [3.8, 4) is 17.2 Å². The van der Waals surface area contributed by atoms with Gasteiger partial charge in [-0.3, -0.25) is 9.36 Å². The molecule has 47 heavy (non-hydrogen) atoms. The number of aromatic nitrogens is 1. The van der Waals surface area contributed by atoms with Crippen LogP contribution in [0.1, 0.15) is 43.5 Å². The van der Waals surface area contributed by atoms with Gasteiger partial charge in [0.15, 0.2) is 22.9 Å². The number of thiazole rings is 1. The lowest BCUT2D eigenvalue weighted by Crippen LogP contribution is -2.40. The minimum absolute atomic E-state index is 0.140. The van der Waals surface area contributed by atoms with Gasteiger partial charge < -0.3 is 23.7 Å². The monoisotopic (exact) mass is 660 g/mol. The number of allylic oxidation sites excluding steroid dienone is 1. The van der Waals surface area contributed by atoms with E-state index in [0.717, 1.165) is 11.1 Å². The van der Waals surface area contributed by atoms with E-state index in [-0.39, 0.29) is 36.8 Å². The molecule has 244 valence electrons. The predicted molar refractivity (Wildman–Crippen MR) is 173 cm³/mol. The first-order valence-electron chi connectivity index (χ1n) is 14.9. The predicted octanol–water partition coefficient (Wildman–Crippen LogP) is 4.47. The number of fused-ring (bicyclic) bond motifs is 1. The first kappa shape index (κ1) is 33.1. The number of carbonyl (C=O) groups excluding carboxylic acids is 2. The second-order valence-corrected chi connectivity index (χ2v) is 11.3. The van der Waals surface area contributed by atoms with Crippen molar-refractivity contribution in [3.05, 3.63) is 120 Å². The van der Waals surface area contributed by atoms with Crippen LogP contribution >= 0.6 is 11.3 Å². The van der Waals surface area contributed by atoms with E-state index in [1.165, 1.54) is 35.1 Å². The van der Waals surface area contributed by atoms with Crippen molar-refractivity contribution in [2.45, 2.75) is 33.4 Å². The molecule has 0 spiro atoms. The highest BCUT2D eigenvalue weighted by molar-refractivity contribution is 7.07. The molecule has 0 unspecified atom stereocenters. The zero-order valence-electron chi connectivity index (χ0n) is 26.3. The van der Waals surface area contributed by atoms with E-state index in [9.17, 15) is 18.8 Å². The number of carbonyl (C=O) groups is 2. The van der Waals surface area contributed by atoms with E-state index in [1.54, 1.807) is 69.3 Å². The Hall–Kier alpha value is -5.23. The van der Waals surface area contributed by atoms with Gasteiger partial charge in [0.2, 0.25) is 0 Å². The van der Waals surface area contributed by atoms with Crippen LogP contribution in [-0.4, -0.2) is 43.4 Å². The highest BCUT2D eigenvalue weighted by atomic mass is 32.1. The standard InChI is InChI=1S/C35H33FN2O8S/c1-5-43-28-18-24(11-16-27(28)46-20-30(39)42-4)32-31(34(41)44-6-2)21(3)37-35-38(32)33(40)29(47-35)17-22-9-14-26(15-10-22)45-19-23-7-12-25(36)13-8-23/h7-18,32H,5-6,19-20H2,1-4H3/b29-17-/t32-/m1/s1. The van der Waals surface area contributed by atoms with Crippen molar-refractivity contribution in [1.29, 1.82) is 0 Å². The fraction of sp³-hybridized carbons (Fsp3) is 0.257. The van der Waals surface area contributed by atoms with E-state index in [4.69, 9.17) is 18.9 Å². The molecule has 0 radical (unpaired) electrons. The van der Waals surface area contributed by atoms with Gasteiger partial charge in [-0.05, 0) is 79.9 Å². The van der Waals surface area contributed by atoms with Gasteiger partial charge in [-0.2, -0.15) is 0 Å². The number of rotatable bonds is 12. The van der Waals surface area contributed by atoms with Crippen LogP contribution in [0.4, 0.5) is 4.39 Å². The lowest BCUT2D eigenvalue weighted by Gasteiger charge is -2.25. The molecule has 10 nitrogen and oxygen atoms in total. The summed E-state index contributed by atoms with van der Waals surface area (Å²) in [6.45, 7) is 5.62. The van der Waals surface area contributed by atoms with Crippen molar-refractivity contribution in [2.75, 3.05) is 26.9 Å². The highest BCUT2D eigenvalue weighted by Gasteiger charge is 2.34. The van der Waals surface area contributed by atoms with Crippen LogP contribution in [-0.2, 0) is 25.7 Å². The molecule has 2 heterocycles. The van der Waals surface area contributed by atoms with Crippen molar-refractivity contribution in [2.24, 2.45) is 4.99 Å². The Morgan fingerprint density at radius 2 is 1.70 bits per heavy atom. The van der Waals surface area contributed by atoms with Crippen LogP contribution < -0.4 is 29.1 Å². The minimum Gasteiger partial charge on any atom is -0.490 e. The van der Waals surface area contributed by atoms with E-state index in [1.807, 2.05) is 12.1 Å². The third-order valence-electron chi connectivity index (χ3n) is 7.17. The maximum Gasteiger partial charge on any atom is 0.343 e. The number of benzene rings is 3. The molecule has 1 atom stereocenters. The molecule has 0 bridgehead atoms. The summed E-state index contributed by atoms with van der Waals surface area (Å²) in [6.07, 6.45) is 1.75.